The molecule has 0 atom stereocenters. The number of hydrogen-bond acceptors (Lipinski definition) is 3. The van der Waals surface area contributed by atoms with Gasteiger partial charge in [-0.2, -0.15) is 0 Å². The summed E-state index contributed by atoms with van der Waals surface area (Å²) in [5.74, 6) is 1.88. The Hall–Kier alpha value is -1.59. The molecule has 3 nitrogen and oxygen atoms in total. The molecule has 3 rings (SSSR count). The Labute approximate surface area is 130 Å². The van der Waals surface area contributed by atoms with Gasteiger partial charge in [-0.15, -0.1) is 11.3 Å². The van der Waals surface area contributed by atoms with Crippen LogP contribution in [0, 0.1) is 0 Å². The molecule has 2 heterocycles. The summed E-state index contributed by atoms with van der Waals surface area (Å²) in [5, 5.41) is 2.06. The van der Waals surface area contributed by atoms with Gasteiger partial charge in [-0.25, -0.2) is 4.98 Å². The minimum Gasteiger partial charge on any atom is -0.492 e. The van der Waals surface area contributed by atoms with Crippen LogP contribution >= 0.6 is 27.3 Å². The van der Waals surface area contributed by atoms with E-state index in [2.05, 4.69) is 36.9 Å². The molecule has 2 aromatic heterocycles. The Morgan fingerprint density at radius 2 is 2.05 bits per heavy atom. The average molecular weight is 349 g/mol. The number of thiophene rings is 1. The fourth-order valence-corrected chi connectivity index (χ4v) is 2.91. The summed E-state index contributed by atoms with van der Waals surface area (Å²) in [7, 11) is 0. The highest BCUT2D eigenvalue weighted by molar-refractivity contribution is 9.10. The van der Waals surface area contributed by atoms with Crippen molar-refractivity contribution in [3.8, 4) is 16.5 Å². The van der Waals surface area contributed by atoms with Crippen molar-refractivity contribution < 1.29 is 4.74 Å². The number of hydrogen-bond donors (Lipinski definition) is 0. The van der Waals surface area contributed by atoms with Crippen molar-refractivity contribution in [2.24, 2.45) is 0 Å². The number of nitrogens with zero attached hydrogens (tertiary/aromatic N) is 2. The van der Waals surface area contributed by atoms with E-state index >= 15 is 0 Å². The van der Waals surface area contributed by atoms with E-state index in [0.717, 1.165) is 22.6 Å². The average Bonchev–Trinajstić information content (AvgIpc) is 3.11. The highest BCUT2D eigenvalue weighted by atomic mass is 79.9. The quantitative estimate of drug-likeness (QED) is 0.680. The normalized spacial score (nSPS) is 10.7. The molecule has 0 saturated carbocycles. The zero-order chi connectivity index (χ0) is 13.8. The van der Waals surface area contributed by atoms with Gasteiger partial charge in [-0.1, -0.05) is 22.0 Å². The molecule has 0 aliphatic rings. The summed E-state index contributed by atoms with van der Waals surface area (Å²) in [6.45, 7) is 1.40. The van der Waals surface area contributed by atoms with Crippen molar-refractivity contribution in [3.63, 3.8) is 0 Å². The fourth-order valence-electron chi connectivity index (χ4n) is 1.91. The Balaban J connectivity index is 1.62. The van der Waals surface area contributed by atoms with Crippen molar-refractivity contribution in [1.82, 2.24) is 9.55 Å². The maximum absolute atomic E-state index is 5.74. The van der Waals surface area contributed by atoms with Gasteiger partial charge < -0.3 is 9.30 Å². The molecule has 0 radical (unpaired) electrons. The van der Waals surface area contributed by atoms with Crippen LogP contribution in [-0.2, 0) is 6.54 Å². The molecule has 0 spiro atoms. The minimum atomic E-state index is 0.621. The summed E-state index contributed by atoms with van der Waals surface area (Å²) in [6, 6.07) is 12.0. The summed E-state index contributed by atoms with van der Waals surface area (Å²) in [4.78, 5) is 5.59. The lowest BCUT2D eigenvalue weighted by molar-refractivity contribution is 0.299. The lowest BCUT2D eigenvalue weighted by Gasteiger charge is -2.09. The van der Waals surface area contributed by atoms with Crippen molar-refractivity contribution in [3.05, 3.63) is 58.6 Å². The first-order chi connectivity index (χ1) is 9.83. The molecule has 0 saturated heterocycles. The molecule has 0 unspecified atom stereocenters. The summed E-state index contributed by atoms with van der Waals surface area (Å²) in [6.07, 6.45) is 3.81. The zero-order valence-electron chi connectivity index (χ0n) is 10.7. The first kappa shape index (κ1) is 13.4. The third-order valence-corrected chi connectivity index (χ3v) is 4.27. The molecular formula is C15H13BrN2OS. The predicted octanol–water partition coefficient (Wildman–Crippen LogP) is 4.45. The maximum atomic E-state index is 5.74. The lowest BCUT2D eigenvalue weighted by atomic mass is 10.3. The van der Waals surface area contributed by atoms with Gasteiger partial charge in [0.15, 0.2) is 0 Å². The molecule has 0 aliphatic carbocycles. The SMILES string of the molecule is Brc1ccc(OCCn2ccnc2-c2cccs2)cc1. The van der Waals surface area contributed by atoms with E-state index in [1.54, 1.807) is 11.3 Å². The maximum Gasteiger partial charge on any atom is 0.150 e. The van der Waals surface area contributed by atoms with E-state index in [1.165, 1.54) is 4.88 Å². The number of ether oxygens (including phenoxy) is 1. The van der Waals surface area contributed by atoms with E-state index in [-0.39, 0.29) is 0 Å². The van der Waals surface area contributed by atoms with Crippen LogP contribution in [0.3, 0.4) is 0 Å². The van der Waals surface area contributed by atoms with Gasteiger partial charge in [0.05, 0.1) is 11.4 Å². The molecule has 0 fully saturated rings. The van der Waals surface area contributed by atoms with Gasteiger partial charge in [0.2, 0.25) is 0 Å². The van der Waals surface area contributed by atoms with E-state index in [1.807, 2.05) is 42.7 Å². The molecule has 20 heavy (non-hydrogen) atoms. The molecule has 1 aromatic carbocycles. The first-order valence-corrected chi connectivity index (χ1v) is 7.93. The molecule has 102 valence electrons. The molecule has 5 heteroatoms. The van der Waals surface area contributed by atoms with Gasteiger partial charge in [0.1, 0.15) is 18.2 Å². The van der Waals surface area contributed by atoms with Gasteiger partial charge in [0.25, 0.3) is 0 Å². The van der Waals surface area contributed by atoms with Crippen molar-refractivity contribution >= 4 is 27.3 Å². The number of imidazole rings is 1. The Bertz CT molecular complexity index is 662. The zero-order valence-corrected chi connectivity index (χ0v) is 13.1. The van der Waals surface area contributed by atoms with Gasteiger partial charge in [-0.05, 0) is 35.7 Å². The van der Waals surface area contributed by atoms with Crippen LogP contribution in [0.25, 0.3) is 10.7 Å². The highest BCUT2D eigenvalue weighted by Gasteiger charge is 2.06. The van der Waals surface area contributed by atoms with Crippen molar-refractivity contribution in [2.45, 2.75) is 6.54 Å². The summed E-state index contributed by atoms with van der Waals surface area (Å²) < 4.78 is 8.91. The Morgan fingerprint density at radius 1 is 1.20 bits per heavy atom. The molecule has 0 aliphatic heterocycles. The number of aromatic nitrogens is 2. The standard InChI is InChI=1S/C15H13BrN2OS/c16-12-3-5-13(6-4-12)19-10-9-18-8-7-17-15(18)14-2-1-11-20-14/h1-8,11H,9-10H2. The number of halogens is 1. The summed E-state index contributed by atoms with van der Waals surface area (Å²) >= 11 is 5.11. The smallest absolute Gasteiger partial charge is 0.150 e. The first-order valence-electron chi connectivity index (χ1n) is 6.26. The van der Waals surface area contributed by atoms with Crippen LogP contribution in [-0.4, -0.2) is 16.2 Å². The van der Waals surface area contributed by atoms with E-state index in [4.69, 9.17) is 4.74 Å². The van der Waals surface area contributed by atoms with Crippen LogP contribution in [0.4, 0.5) is 0 Å². The van der Waals surface area contributed by atoms with Gasteiger partial charge in [-0.3, -0.25) is 0 Å². The third kappa shape index (κ3) is 3.11. The predicted molar refractivity (Wildman–Crippen MR) is 85.2 cm³/mol. The van der Waals surface area contributed by atoms with Crippen LogP contribution in [0.15, 0.2) is 58.6 Å². The van der Waals surface area contributed by atoms with E-state index < -0.39 is 0 Å². The van der Waals surface area contributed by atoms with Crippen molar-refractivity contribution in [1.29, 1.82) is 0 Å². The Morgan fingerprint density at radius 3 is 2.80 bits per heavy atom. The van der Waals surface area contributed by atoms with Crippen LogP contribution < -0.4 is 4.74 Å². The number of rotatable bonds is 5. The van der Waals surface area contributed by atoms with Crippen LogP contribution in [0.1, 0.15) is 0 Å². The van der Waals surface area contributed by atoms with Crippen LogP contribution in [0.5, 0.6) is 5.75 Å². The fraction of sp³-hybridized carbons (Fsp3) is 0.133. The van der Waals surface area contributed by atoms with E-state index in [0.29, 0.717) is 6.61 Å². The largest absolute Gasteiger partial charge is 0.492 e. The molecular weight excluding hydrogens is 336 g/mol. The molecule has 0 N–H and O–H groups in total. The van der Waals surface area contributed by atoms with Crippen molar-refractivity contribution in [2.75, 3.05) is 6.61 Å². The number of benzene rings is 1. The van der Waals surface area contributed by atoms with Gasteiger partial charge >= 0.3 is 0 Å². The third-order valence-electron chi connectivity index (χ3n) is 2.87. The monoisotopic (exact) mass is 348 g/mol. The topological polar surface area (TPSA) is 27.1 Å². The second-order valence-electron chi connectivity index (χ2n) is 4.22. The highest BCUT2D eigenvalue weighted by Crippen LogP contribution is 2.23. The minimum absolute atomic E-state index is 0.621. The van der Waals surface area contributed by atoms with Crippen LogP contribution in [0.2, 0.25) is 0 Å². The molecule has 0 bridgehead atoms. The summed E-state index contributed by atoms with van der Waals surface area (Å²) in [5.41, 5.74) is 0. The Kier molecular flexibility index (Phi) is 4.18. The lowest BCUT2D eigenvalue weighted by Crippen LogP contribution is -2.08. The molecule has 3 aromatic rings. The van der Waals surface area contributed by atoms with E-state index in [9.17, 15) is 0 Å². The second kappa shape index (κ2) is 6.24. The molecule has 0 amide bonds. The second-order valence-corrected chi connectivity index (χ2v) is 6.09. The van der Waals surface area contributed by atoms with Gasteiger partial charge in [0, 0.05) is 16.9 Å².